The highest BCUT2D eigenvalue weighted by Gasteiger charge is 2.24. The lowest BCUT2D eigenvalue weighted by molar-refractivity contribution is -0.132. The number of hydrogen-bond donors (Lipinski definition) is 1. The van der Waals surface area contributed by atoms with E-state index in [0.717, 1.165) is 32.6 Å². The van der Waals surface area contributed by atoms with E-state index in [4.69, 9.17) is 5.11 Å². The highest BCUT2D eigenvalue weighted by molar-refractivity contribution is 5.78. The number of hydrogen-bond acceptors (Lipinski definition) is 4. The maximum atomic E-state index is 12.3. The number of carbonyl (C=O) groups excluding carboxylic acids is 1. The summed E-state index contributed by atoms with van der Waals surface area (Å²) in [6.07, 6.45) is 0.154. The molecule has 2 fully saturated rings. The Kier molecular flexibility index (Phi) is 5.19. The van der Waals surface area contributed by atoms with Crippen molar-refractivity contribution in [2.75, 3.05) is 66.0 Å². The zero-order chi connectivity index (χ0) is 14.5. The van der Waals surface area contributed by atoms with Gasteiger partial charge in [0.15, 0.2) is 0 Å². The van der Waals surface area contributed by atoms with Crippen molar-refractivity contribution in [3.05, 3.63) is 0 Å². The van der Waals surface area contributed by atoms with Crippen molar-refractivity contribution in [3.63, 3.8) is 0 Å². The smallest absolute Gasteiger partial charge is 0.407 e. The molecule has 0 aliphatic carbocycles. The summed E-state index contributed by atoms with van der Waals surface area (Å²) in [6.45, 7) is 6.29. The molecule has 2 aliphatic rings. The molecule has 0 radical (unpaired) electrons. The third kappa shape index (κ3) is 4.08. The number of amides is 2. The number of carbonyl (C=O) groups is 2. The van der Waals surface area contributed by atoms with Gasteiger partial charge in [-0.15, -0.1) is 0 Å². The van der Waals surface area contributed by atoms with Crippen molar-refractivity contribution in [2.45, 2.75) is 6.42 Å². The summed E-state index contributed by atoms with van der Waals surface area (Å²) in [7, 11) is 2.08. The van der Waals surface area contributed by atoms with E-state index in [1.54, 1.807) is 0 Å². The molecule has 1 N–H and O–H groups in total. The zero-order valence-corrected chi connectivity index (χ0v) is 12.1. The molecule has 2 saturated heterocycles. The number of carboxylic acid groups (broad SMARTS) is 1. The van der Waals surface area contributed by atoms with Crippen LogP contribution in [-0.2, 0) is 4.79 Å². The van der Waals surface area contributed by atoms with Crippen LogP contribution in [0.3, 0.4) is 0 Å². The van der Waals surface area contributed by atoms with Gasteiger partial charge in [-0.2, -0.15) is 0 Å². The number of nitrogens with zero attached hydrogens (tertiary/aromatic N) is 4. The minimum Gasteiger partial charge on any atom is -0.465 e. The lowest BCUT2D eigenvalue weighted by atomic mass is 10.3. The van der Waals surface area contributed by atoms with Crippen LogP contribution in [-0.4, -0.2) is 103 Å². The molecule has 2 heterocycles. The van der Waals surface area contributed by atoms with Crippen LogP contribution in [0.2, 0.25) is 0 Å². The Balaban J connectivity index is 1.76. The molecule has 114 valence electrons. The first kappa shape index (κ1) is 15.1. The molecule has 2 aliphatic heterocycles. The lowest BCUT2D eigenvalue weighted by Crippen LogP contribution is -2.51. The fourth-order valence-electron chi connectivity index (χ4n) is 2.68. The van der Waals surface area contributed by atoms with E-state index >= 15 is 0 Å². The van der Waals surface area contributed by atoms with Crippen molar-refractivity contribution in [1.82, 2.24) is 19.6 Å². The molecule has 0 atom stereocenters. The number of piperazine rings is 1. The Labute approximate surface area is 119 Å². The van der Waals surface area contributed by atoms with Crippen molar-refractivity contribution < 1.29 is 14.7 Å². The standard InChI is InChI=1S/C13H24N4O3/c1-14-3-2-4-16(8-5-14)12(18)11-15-6-9-17(10-7-15)13(19)20/h2-11H2,1H3,(H,19,20). The Morgan fingerprint density at radius 2 is 1.55 bits per heavy atom. The number of rotatable bonds is 2. The van der Waals surface area contributed by atoms with Crippen molar-refractivity contribution in [2.24, 2.45) is 0 Å². The summed E-state index contributed by atoms with van der Waals surface area (Å²) < 4.78 is 0. The van der Waals surface area contributed by atoms with E-state index in [0.29, 0.717) is 32.7 Å². The van der Waals surface area contributed by atoms with E-state index in [2.05, 4.69) is 16.8 Å². The van der Waals surface area contributed by atoms with Crippen LogP contribution >= 0.6 is 0 Å². The first-order valence-electron chi connectivity index (χ1n) is 7.23. The van der Waals surface area contributed by atoms with Gasteiger partial charge in [0.1, 0.15) is 0 Å². The van der Waals surface area contributed by atoms with Crippen LogP contribution in [0.15, 0.2) is 0 Å². The van der Waals surface area contributed by atoms with E-state index in [9.17, 15) is 9.59 Å². The predicted octanol–water partition coefficient (Wildman–Crippen LogP) is -0.554. The van der Waals surface area contributed by atoms with Crippen molar-refractivity contribution >= 4 is 12.0 Å². The van der Waals surface area contributed by atoms with Gasteiger partial charge in [0.2, 0.25) is 5.91 Å². The van der Waals surface area contributed by atoms with Gasteiger partial charge in [0, 0.05) is 45.8 Å². The van der Waals surface area contributed by atoms with Crippen LogP contribution in [0.5, 0.6) is 0 Å². The highest BCUT2D eigenvalue weighted by Crippen LogP contribution is 2.05. The molecule has 7 nitrogen and oxygen atoms in total. The zero-order valence-electron chi connectivity index (χ0n) is 12.1. The Hall–Kier alpha value is -1.34. The van der Waals surface area contributed by atoms with Crippen molar-refractivity contribution in [1.29, 1.82) is 0 Å². The summed E-state index contributed by atoms with van der Waals surface area (Å²) >= 11 is 0. The summed E-state index contributed by atoms with van der Waals surface area (Å²) in [6, 6.07) is 0. The molecule has 0 bridgehead atoms. The first-order chi connectivity index (χ1) is 9.56. The SMILES string of the molecule is CN1CCCN(C(=O)CN2CCN(C(=O)O)CC2)CC1. The average molecular weight is 284 g/mol. The fourth-order valence-corrected chi connectivity index (χ4v) is 2.68. The highest BCUT2D eigenvalue weighted by atomic mass is 16.4. The molecule has 0 saturated carbocycles. The molecule has 20 heavy (non-hydrogen) atoms. The largest absolute Gasteiger partial charge is 0.465 e. The quantitative estimate of drug-likeness (QED) is 0.737. The second-order valence-corrected chi connectivity index (χ2v) is 5.58. The van der Waals surface area contributed by atoms with Gasteiger partial charge >= 0.3 is 6.09 Å². The maximum absolute atomic E-state index is 12.3. The second kappa shape index (κ2) is 6.90. The third-order valence-corrected chi connectivity index (χ3v) is 4.07. The molecule has 0 unspecified atom stereocenters. The summed E-state index contributed by atoms with van der Waals surface area (Å²) in [5.41, 5.74) is 0. The van der Waals surface area contributed by atoms with Gasteiger partial charge in [-0.25, -0.2) is 4.79 Å². The fraction of sp³-hybridized carbons (Fsp3) is 0.846. The Bertz CT molecular complexity index is 356. The predicted molar refractivity (Wildman–Crippen MR) is 74.7 cm³/mol. The topological polar surface area (TPSA) is 67.3 Å². The molecule has 0 aromatic heterocycles. The molecular formula is C13H24N4O3. The summed E-state index contributed by atoms with van der Waals surface area (Å²) in [5, 5.41) is 8.89. The molecular weight excluding hydrogens is 260 g/mol. The average Bonchev–Trinajstić information content (AvgIpc) is 2.64. The Morgan fingerprint density at radius 1 is 0.900 bits per heavy atom. The van der Waals surface area contributed by atoms with Crippen LogP contribution in [0.25, 0.3) is 0 Å². The van der Waals surface area contributed by atoms with Crippen LogP contribution in [0, 0.1) is 0 Å². The molecule has 2 rings (SSSR count). The van der Waals surface area contributed by atoms with Gasteiger partial charge in [0.25, 0.3) is 0 Å². The second-order valence-electron chi connectivity index (χ2n) is 5.58. The molecule has 0 spiro atoms. The normalized spacial score (nSPS) is 22.6. The van der Waals surface area contributed by atoms with E-state index in [1.807, 2.05) is 4.90 Å². The first-order valence-corrected chi connectivity index (χ1v) is 7.23. The molecule has 0 aromatic rings. The van der Waals surface area contributed by atoms with Gasteiger partial charge in [-0.05, 0) is 20.0 Å². The minimum atomic E-state index is -0.869. The third-order valence-electron chi connectivity index (χ3n) is 4.07. The van der Waals surface area contributed by atoms with Gasteiger partial charge in [-0.3, -0.25) is 9.69 Å². The van der Waals surface area contributed by atoms with Gasteiger partial charge in [-0.1, -0.05) is 0 Å². The van der Waals surface area contributed by atoms with E-state index in [1.165, 1.54) is 4.90 Å². The lowest BCUT2D eigenvalue weighted by Gasteiger charge is -2.33. The van der Waals surface area contributed by atoms with Crippen LogP contribution in [0.4, 0.5) is 4.79 Å². The Morgan fingerprint density at radius 3 is 2.20 bits per heavy atom. The number of likely N-dealkylation sites (N-methyl/N-ethyl adjacent to an activating group) is 1. The summed E-state index contributed by atoms with van der Waals surface area (Å²) in [4.78, 5) is 30.7. The maximum Gasteiger partial charge on any atom is 0.407 e. The van der Waals surface area contributed by atoms with Crippen LogP contribution < -0.4 is 0 Å². The van der Waals surface area contributed by atoms with Gasteiger partial charge < -0.3 is 19.8 Å². The molecule has 7 heteroatoms. The van der Waals surface area contributed by atoms with Gasteiger partial charge in [0.05, 0.1) is 6.54 Å². The van der Waals surface area contributed by atoms with Crippen molar-refractivity contribution in [3.8, 4) is 0 Å². The monoisotopic (exact) mass is 284 g/mol. The van der Waals surface area contributed by atoms with E-state index in [-0.39, 0.29) is 5.91 Å². The summed E-state index contributed by atoms with van der Waals surface area (Å²) in [5.74, 6) is 0.170. The minimum absolute atomic E-state index is 0.170. The molecule has 2 amide bonds. The van der Waals surface area contributed by atoms with Crippen LogP contribution in [0.1, 0.15) is 6.42 Å². The van der Waals surface area contributed by atoms with E-state index < -0.39 is 6.09 Å². The molecule has 0 aromatic carbocycles.